The number of ether oxygens (including phenoxy) is 1. The van der Waals surface area contributed by atoms with Crippen LogP contribution < -0.4 is 14.5 Å². The van der Waals surface area contributed by atoms with E-state index >= 15 is 0 Å². The summed E-state index contributed by atoms with van der Waals surface area (Å²) in [5.41, 5.74) is 15.5. The van der Waals surface area contributed by atoms with Crippen molar-refractivity contribution in [1.29, 1.82) is 0 Å². The van der Waals surface area contributed by atoms with E-state index in [0.29, 0.717) is 18.4 Å². The summed E-state index contributed by atoms with van der Waals surface area (Å²) >= 11 is 0. The van der Waals surface area contributed by atoms with Crippen LogP contribution in [-0.2, 0) is 5.41 Å². The van der Waals surface area contributed by atoms with Gasteiger partial charge in [0.1, 0.15) is 12.4 Å². The van der Waals surface area contributed by atoms with Gasteiger partial charge < -0.3 is 19.0 Å². The van der Waals surface area contributed by atoms with Crippen molar-refractivity contribution in [3.63, 3.8) is 0 Å². The zero-order valence-electron chi connectivity index (χ0n) is 44.8. The predicted octanol–water partition coefficient (Wildman–Crippen LogP) is 21.0. The summed E-state index contributed by atoms with van der Waals surface area (Å²) < 4.78 is 14.5. The highest BCUT2D eigenvalue weighted by atomic mass is 16.5. The number of fused-ring (bicyclic) bond motifs is 4. The minimum absolute atomic E-state index is 0.196. The molecule has 2 aliphatic carbocycles. The quantitative estimate of drug-likeness (QED) is 0.121. The second kappa shape index (κ2) is 19.9. The number of hydrogen-bond donors (Lipinski definition) is 0. The van der Waals surface area contributed by atoms with Crippen LogP contribution in [0.2, 0.25) is 0 Å². The summed E-state index contributed by atoms with van der Waals surface area (Å²) in [6, 6.07) is 49.5. The molecule has 12 rings (SSSR count). The molecule has 0 bridgehead atoms. The molecule has 2 heterocycles. The Morgan fingerprint density at radius 3 is 2.03 bits per heavy atom. The Morgan fingerprint density at radius 1 is 0.667 bits per heavy atom. The minimum atomic E-state index is -0.196. The molecule has 8 aromatic carbocycles. The van der Waals surface area contributed by atoms with Gasteiger partial charge in [-0.1, -0.05) is 188 Å². The van der Waals surface area contributed by atoms with E-state index in [1.165, 1.54) is 92.3 Å². The third kappa shape index (κ3) is 8.57. The summed E-state index contributed by atoms with van der Waals surface area (Å²) in [5.74, 6) is 2.85. The Morgan fingerprint density at radius 2 is 1.32 bits per heavy atom. The third-order valence-corrected chi connectivity index (χ3v) is 16.6. The number of rotatable bonds is 11. The van der Waals surface area contributed by atoms with Gasteiger partial charge in [-0.2, -0.15) is 0 Å². The summed E-state index contributed by atoms with van der Waals surface area (Å²) in [4.78, 5) is 4.92. The summed E-state index contributed by atoms with van der Waals surface area (Å²) in [7, 11) is 0. The standard InChI is InChI=1S/C71H70N2O2/c1-8-24-48(9-2)55-33-19-20-34-56-57-36-23-38-63(70(57)75-68(55)56)73(52-31-17-12-18-32-52)65-44-61(71(5,6)7)58-40-42-59-64(43-47(4)53-39-41-60(65)67(58)66(53)59)72(51-29-15-11-16-30-51)62-37-22-35-54-46(3)25-21-28-50(45-74-69(54)62)49-26-13-10-14-27-49/h11-12,15-18,20-23,25,28-44,48-49H,3,8-10,13-14,19,24,26-27,45H2,1-2,4-7H3/b25-21-,50-28+. The molecule has 1 saturated carbocycles. The predicted molar refractivity (Wildman–Crippen MR) is 321 cm³/mol. The fourth-order valence-corrected chi connectivity index (χ4v) is 12.9. The number of para-hydroxylation sites is 4. The number of furan rings is 1. The molecule has 75 heavy (non-hydrogen) atoms. The lowest BCUT2D eigenvalue weighted by Crippen LogP contribution is -2.17. The van der Waals surface area contributed by atoms with Gasteiger partial charge in [-0.25, -0.2) is 0 Å². The molecular weight excluding hydrogens is 913 g/mol. The largest absolute Gasteiger partial charge is 0.486 e. The van der Waals surface area contributed by atoms with Gasteiger partial charge in [0.05, 0.1) is 22.7 Å². The Kier molecular flexibility index (Phi) is 12.9. The van der Waals surface area contributed by atoms with Gasteiger partial charge in [-0.05, 0) is 154 Å². The van der Waals surface area contributed by atoms with Crippen LogP contribution >= 0.6 is 0 Å². The van der Waals surface area contributed by atoms with Crippen molar-refractivity contribution < 1.29 is 9.15 Å². The lowest BCUT2D eigenvalue weighted by Gasteiger charge is -2.33. The Balaban J connectivity index is 1.11. The number of benzene rings is 8. The summed E-state index contributed by atoms with van der Waals surface area (Å²) in [5, 5.41) is 8.57. The number of anilines is 6. The molecule has 0 spiro atoms. The van der Waals surface area contributed by atoms with Gasteiger partial charge >= 0.3 is 0 Å². The number of nitrogens with zero attached hydrogens (tertiary/aromatic N) is 2. The van der Waals surface area contributed by atoms with Crippen molar-refractivity contribution >= 4 is 94.6 Å². The highest BCUT2D eigenvalue weighted by Crippen LogP contribution is 2.54. The molecular formula is C71H70N2O2. The second-order valence-corrected chi connectivity index (χ2v) is 22.4. The van der Waals surface area contributed by atoms with Gasteiger partial charge in [0.25, 0.3) is 0 Å². The third-order valence-electron chi connectivity index (χ3n) is 16.6. The average Bonchev–Trinajstić information content (AvgIpc) is 3.73. The van der Waals surface area contributed by atoms with Crippen LogP contribution in [0.3, 0.4) is 0 Å². The zero-order valence-corrected chi connectivity index (χ0v) is 44.8. The van der Waals surface area contributed by atoms with Gasteiger partial charge in [-0.15, -0.1) is 0 Å². The molecule has 4 nitrogen and oxygen atoms in total. The smallest absolute Gasteiger partial charge is 0.159 e. The van der Waals surface area contributed by atoms with E-state index in [2.05, 4.69) is 228 Å². The van der Waals surface area contributed by atoms with Crippen molar-refractivity contribution in [2.75, 3.05) is 16.4 Å². The molecule has 1 aliphatic heterocycles. The first-order valence-electron chi connectivity index (χ1n) is 27.8. The van der Waals surface area contributed by atoms with E-state index in [4.69, 9.17) is 9.15 Å². The van der Waals surface area contributed by atoms with Crippen LogP contribution in [0, 0.1) is 18.8 Å². The number of aryl methyl sites for hydroxylation is 1. The molecule has 1 atom stereocenters. The van der Waals surface area contributed by atoms with Crippen molar-refractivity contribution in [3.8, 4) is 5.75 Å². The molecule has 376 valence electrons. The van der Waals surface area contributed by atoms with Crippen molar-refractivity contribution in [3.05, 3.63) is 204 Å². The lowest BCUT2D eigenvalue weighted by molar-refractivity contribution is 0.310. The first kappa shape index (κ1) is 48.4. The van der Waals surface area contributed by atoms with Crippen molar-refractivity contribution in [1.82, 2.24) is 0 Å². The van der Waals surface area contributed by atoms with E-state index in [0.717, 1.165) is 93.4 Å². The Bertz CT molecular complexity index is 3740. The fourth-order valence-electron chi connectivity index (χ4n) is 12.9. The van der Waals surface area contributed by atoms with E-state index in [9.17, 15) is 0 Å². The maximum absolute atomic E-state index is 7.35. The highest BCUT2D eigenvalue weighted by molar-refractivity contribution is 6.29. The molecule has 1 unspecified atom stereocenters. The summed E-state index contributed by atoms with van der Waals surface area (Å²) in [6.45, 7) is 19.1. The SMILES string of the molecule is C=C1/C=C\C=C(\C2CCCCC2)COc2c1cccc2N(c1ccccc1)c1cc(C)c2ccc3c(N(c4ccccc4)c4cccc5c6c(oc45)C(C(CC)CCC)=CCC=C6)cc(C(C)(C)C)c4ccc1c2c34. The zero-order chi connectivity index (χ0) is 51.4. The first-order chi connectivity index (χ1) is 36.6. The average molecular weight is 983 g/mol. The van der Waals surface area contributed by atoms with E-state index < -0.39 is 0 Å². The second-order valence-electron chi connectivity index (χ2n) is 22.4. The molecule has 3 aliphatic rings. The van der Waals surface area contributed by atoms with Gasteiger partial charge in [0, 0.05) is 38.7 Å². The molecule has 1 aromatic heterocycles. The summed E-state index contributed by atoms with van der Waals surface area (Å²) in [6.07, 6.45) is 24.2. The topological polar surface area (TPSA) is 28.9 Å². The van der Waals surface area contributed by atoms with Crippen LogP contribution in [0.5, 0.6) is 5.75 Å². The molecule has 1 fully saturated rings. The molecule has 0 saturated heterocycles. The van der Waals surface area contributed by atoms with Crippen molar-refractivity contribution in [2.45, 2.75) is 105 Å². The number of allylic oxidation sites excluding steroid dienone is 7. The van der Waals surface area contributed by atoms with Crippen molar-refractivity contribution in [2.24, 2.45) is 11.8 Å². The molecule has 9 aromatic rings. The van der Waals surface area contributed by atoms with Gasteiger partial charge in [0.2, 0.25) is 0 Å². The molecule has 0 amide bonds. The minimum Gasteiger partial charge on any atom is -0.486 e. The fraction of sp³-hybridized carbons (Fsp3) is 0.268. The van der Waals surface area contributed by atoms with E-state index in [-0.39, 0.29) is 5.41 Å². The van der Waals surface area contributed by atoms with Crippen LogP contribution in [0.15, 0.2) is 180 Å². The Hall–Kier alpha value is -7.56. The maximum Gasteiger partial charge on any atom is 0.159 e. The van der Waals surface area contributed by atoms with Gasteiger partial charge in [0.15, 0.2) is 11.3 Å². The molecule has 0 N–H and O–H groups in total. The number of hydrogen-bond acceptors (Lipinski definition) is 4. The van der Waals surface area contributed by atoms with Crippen LogP contribution in [0.25, 0.3) is 60.5 Å². The monoisotopic (exact) mass is 983 g/mol. The Labute approximate surface area is 444 Å². The van der Waals surface area contributed by atoms with Crippen LogP contribution in [0.1, 0.15) is 120 Å². The first-order valence-corrected chi connectivity index (χ1v) is 27.8. The van der Waals surface area contributed by atoms with Gasteiger partial charge in [-0.3, -0.25) is 0 Å². The van der Waals surface area contributed by atoms with Crippen LogP contribution in [0.4, 0.5) is 34.1 Å². The lowest BCUT2D eigenvalue weighted by atomic mass is 9.80. The normalized spacial score (nSPS) is 16.9. The molecule has 0 radical (unpaired) electrons. The maximum atomic E-state index is 7.35. The van der Waals surface area contributed by atoms with E-state index in [1.807, 2.05) is 0 Å². The van der Waals surface area contributed by atoms with Crippen LogP contribution in [-0.4, -0.2) is 6.61 Å². The molecule has 4 heteroatoms. The van der Waals surface area contributed by atoms with E-state index in [1.54, 1.807) is 0 Å². The highest BCUT2D eigenvalue weighted by Gasteiger charge is 2.31.